The predicted octanol–water partition coefficient (Wildman–Crippen LogP) is 2.70. The number of nitrogens with zero attached hydrogens (tertiary/aromatic N) is 1. The van der Waals surface area contributed by atoms with Crippen LogP contribution in [0.2, 0.25) is 5.02 Å². The van der Waals surface area contributed by atoms with E-state index in [0.717, 1.165) is 12.1 Å². The van der Waals surface area contributed by atoms with Gasteiger partial charge in [0.25, 0.3) is 5.69 Å². The summed E-state index contributed by atoms with van der Waals surface area (Å²) in [5.74, 6) is -0.609. The lowest BCUT2D eigenvalue weighted by Gasteiger charge is -1.98. The van der Waals surface area contributed by atoms with Gasteiger partial charge in [-0.3, -0.25) is 10.1 Å². The van der Waals surface area contributed by atoms with Gasteiger partial charge >= 0.3 is 0 Å². The third-order valence-electron chi connectivity index (χ3n) is 1.41. The summed E-state index contributed by atoms with van der Waals surface area (Å²) in [6.07, 6.45) is 0. The summed E-state index contributed by atoms with van der Waals surface area (Å²) in [6, 6.07) is 2.13. The van der Waals surface area contributed by atoms with E-state index < -0.39 is 10.7 Å². The van der Waals surface area contributed by atoms with Gasteiger partial charge in [-0.15, -0.1) is 0 Å². The molecule has 0 saturated carbocycles. The van der Waals surface area contributed by atoms with Crippen LogP contribution in [-0.2, 0) is 0 Å². The molecule has 0 fully saturated rings. The molecular weight excluding hydrogens is 185 g/mol. The smallest absolute Gasteiger partial charge is 0.258 e. The highest BCUT2D eigenvalue weighted by Gasteiger charge is 2.12. The fourth-order valence-corrected chi connectivity index (χ4v) is 1.07. The van der Waals surface area contributed by atoms with Crippen LogP contribution in [0.15, 0.2) is 12.1 Å². The van der Waals surface area contributed by atoms with Crippen LogP contribution in [0.1, 0.15) is 5.56 Å². The zero-order valence-electron chi connectivity index (χ0n) is 6.17. The second-order valence-electron chi connectivity index (χ2n) is 2.32. The van der Waals surface area contributed by atoms with Crippen molar-refractivity contribution < 1.29 is 9.31 Å². The maximum Gasteiger partial charge on any atom is 0.271 e. The summed E-state index contributed by atoms with van der Waals surface area (Å²) >= 11 is 5.38. The molecule has 1 aromatic carbocycles. The molecule has 0 aliphatic rings. The second-order valence-corrected chi connectivity index (χ2v) is 2.72. The van der Waals surface area contributed by atoms with E-state index in [0.29, 0.717) is 0 Å². The van der Waals surface area contributed by atoms with E-state index >= 15 is 0 Å². The van der Waals surface area contributed by atoms with Gasteiger partial charge in [-0.2, -0.15) is 0 Å². The molecule has 0 radical (unpaired) electrons. The number of aryl methyl sites for hydroxylation is 1. The summed E-state index contributed by atoms with van der Waals surface area (Å²) in [5, 5.41) is 10.0. The normalized spacial score (nSPS) is 9.92. The molecule has 0 saturated heterocycles. The largest absolute Gasteiger partial charge is 0.271 e. The summed E-state index contributed by atoms with van der Waals surface area (Å²) in [7, 11) is 0. The zero-order chi connectivity index (χ0) is 9.30. The van der Waals surface area contributed by atoms with Gasteiger partial charge in [-0.05, 0) is 12.5 Å². The van der Waals surface area contributed by atoms with Crippen molar-refractivity contribution in [3.8, 4) is 0 Å². The molecule has 0 spiro atoms. The van der Waals surface area contributed by atoms with Crippen LogP contribution in [0.5, 0.6) is 0 Å². The first-order chi connectivity index (χ1) is 5.52. The number of hydrogen-bond donors (Lipinski definition) is 0. The maximum absolute atomic E-state index is 12.8. The van der Waals surface area contributed by atoms with Crippen molar-refractivity contribution in [1.82, 2.24) is 0 Å². The third-order valence-corrected chi connectivity index (χ3v) is 1.68. The topological polar surface area (TPSA) is 43.1 Å². The van der Waals surface area contributed by atoms with Gasteiger partial charge in [0.05, 0.1) is 9.95 Å². The number of non-ortho nitro benzene ring substituents is 1. The maximum atomic E-state index is 12.8. The van der Waals surface area contributed by atoms with E-state index in [9.17, 15) is 14.5 Å². The molecule has 0 amide bonds. The monoisotopic (exact) mass is 189 g/mol. The Kier molecular flexibility index (Phi) is 2.28. The molecule has 0 N–H and O–H groups in total. The number of nitro benzene ring substituents is 1. The van der Waals surface area contributed by atoms with Crippen molar-refractivity contribution in [2.24, 2.45) is 0 Å². The molecule has 0 aromatic heterocycles. The molecule has 12 heavy (non-hydrogen) atoms. The van der Waals surface area contributed by atoms with E-state index in [1.54, 1.807) is 0 Å². The third kappa shape index (κ3) is 1.53. The van der Waals surface area contributed by atoms with E-state index in [2.05, 4.69) is 0 Å². The average Bonchev–Trinajstić information content (AvgIpc) is 1.99. The van der Waals surface area contributed by atoms with Gasteiger partial charge in [0.15, 0.2) is 0 Å². The van der Waals surface area contributed by atoms with Gasteiger partial charge in [-0.1, -0.05) is 11.6 Å². The lowest BCUT2D eigenvalue weighted by atomic mass is 10.2. The van der Waals surface area contributed by atoms with Gasteiger partial charge in [0.2, 0.25) is 0 Å². The minimum atomic E-state index is -0.613. The summed E-state index contributed by atoms with van der Waals surface area (Å²) in [5.41, 5.74) is -0.0203. The Morgan fingerprint density at radius 1 is 1.58 bits per heavy atom. The first-order valence-corrected chi connectivity index (χ1v) is 3.50. The van der Waals surface area contributed by atoms with Crippen molar-refractivity contribution in [1.29, 1.82) is 0 Å². The number of halogens is 2. The Labute approximate surface area is 72.9 Å². The molecule has 1 rings (SSSR count). The molecule has 0 bridgehead atoms. The summed E-state index contributed by atoms with van der Waals surface area (Å²) < 4.78 is 12.8. The Bertz CT molecular complexity index is 317. The molecular formula is C7H5ClFNO2. The Balaban J connectivity index is 3.31. The Morgan fingerprint density at radius 3 is 2.58 bits per heavy atom. The fourth-order valence-electron chi connectivity index (χ4n) is 0.814. The molecule has 0 aliphatic carbocycles. The highest BCUT2D eigenvalue weighted by molar-refractivity contribution is 6.31. The van der Waals surface area contributed by atoms with Crippen LogP contribution in [0.25, 0.3) is 0 Å². The number of hydrogen-bond acceptors (Lipinski definition) is 2. The average molecular weight is 190 g/mol. The summed E-state index contributed by atoms with van der Waals surface area (Å²) in [4.78, 5) is 9.63. The van der Waals surface area contributed by atoms with Crippen molar-refractivity contribution >= 4 is 17.3 Å². The van der Waals surface area contributed by atoms with Gasteiger partial charge < -0.3 is 0 Å². The fraction of sp³-hybridized carbons (Fsp3) is 0.143. The molecule has 0 aliphatic heterocycles. The summed E-state index contributed by atoms with van der Waals surface area (Å²) in [6.45, 7) is 1.42. The van der Waals surface area contributed by atoms with Gasteiger partial charge in [0.1, 0.15) is 5.82 Å². The molecule has 3 nitrogen and oxygen atoms in total. The minimum absolute atomic E-state index is 0.175. The number of benzene rings is 1. The van der Waals surface area contributed by atoms with Crippen LogP contribution in [-0.4, -0.2) is 4.92 Å². The predicted molar refractivity (Wildman–Crippen MR) is 42.8 cm³/mol. The highest BCUT2D eigenvalue weighted by Crippen LogP contribution is 2.24. The van der Waals surface area contributed by atoms with Crippen LogP contribution >= 0.6 is 11.6 Å². The van der Waals surface area contributed by atoms with E-state index in [1.807, 2.05) is 0 Å². The molecule has 0 atom stereocenters. The second kappa shape index (κ2) is 3.06. The van der Waals surface area contributed by atoms with Crippen LogP contribution in [0.4, 0.5) is 10.1 Å². The Hall–Kier alpha value is -1.16. The molecule has 1 aromatic rings. The lowest BCUT2D eigenvalue weighted by molar-refractivity contribution is -0.384. The van der Waals surface area contributed by atoms with Crippen molar-refractivity contribution in [2.45, 2.75) is 6.92 Å². The van der Waals surface area contributed by atoms with Gasteiger partial charge in [0, 0.05) is 12.1 Å². The molecule has 0 heterocycles. The van der Waals surface area contributed by atoms with Crippen molar-refractivity contribution in [3.63, 3.8) is 0 Å². The van der Waals surface area contributed by atoms with Gasteiger partial charge in [-0.25, -0.2) is 4.39 Å². The molecule has 0 unspecified atom stereocenters. The number of rotatable bonds is 1. The minimum Gasteiger partial charge on any atom is -0.258 e. The van der Waals surface area contributed by atoms with Crippen LogP contribution in [0, 0.1) is 22.9 Å². The SMILES string of the molecule is Cc1cc([N+](=O)[O-])cc(Cl)c1F. The standard InChI is InChI=1S/C7H5ClFNO2/c1-4-2-5(10(11)12)3-6(8)7(4)9/h2-3H,1H3. The van der Waals surface area contributed by atoms with Crippen molar-refractivity contribution in [3.05, 3.63) is 38.7 Å². The Morgan fingerprint density at radius 2 is 2.17 bits per heavy atom. The number of nitro groups is 1. The molecule has 64 valence electrons. The first-order valence-electron chi connectivity index (χ1n) is 3.12. The van der Waals surface area contributed by atoms with Crippen LogP contribution in [0.3, 0.4) is 0 Å². The van der Waals surface area contributed by atoms with E-state index in [1.165, 1.54) is 6.92 Å². The van der Waals surface area contributed by atoms with Crippen molar-refractivity contribution in [2.75, 3.05) is 0 Å². The van der Waals surface area contributed by atoms with Crippen LogP contribution < -0.4 is 0 Å². The highest BCUT2D eigenvalue weighted by atomic mass is 35.5. The van der Waals surface area contributed by atoms with E-state index in [-0.39, 0.29) is 16.3 Å². The molecule has 5 heteroatoms. The quantitative estimate of drug-likeness (QED) is 0.504. The zero-order valence-corrected chi connectivity index (χ0v) is 6.93. The first kappa shape index (κ1) is 8.93. The lowest BCUT2D eigenvalue weighted by Crippen LogP contribution is -1.91. The van der Waals surface area contributed by atoms with E-state index in [4.69, 9.17) is 11.6 Å².